The van der Waals surface area contributed by atoms with Gasteiger partial charge in [-0.15, -0.1) is 0 Å². The third-order valence-electron chi connectivity index (χ3n) is 3.95. The van der Waals surface area contributed by atoms with Crippen LogP contribution in [0.4, 0.5) is 0 Å². The van der Waals surface area contributed by atoms with E-state index in [9.17, 15) is 10.1 Å². The van der Waals surface area contributed by atoms with Crippen LogP contribution in [0.2, 0.25) is 5.02 Å². The number of carbonyl (C=O) groups is 1. The second-order valence-corrected chi connectivity index (χ2v) is 6.00. The summed E-state index contributed by atoms with van der Waals surface area (Å²) in [6.07, 6.45) is 6.05. The molecular weight excluding hydrogens is 284 g/mol. The van der Waals surface area contributed by atoms with Crippen molar-refractivity contribution < 1.29 is 4.79 Å². The molecule has 4 heteroatoms. The average molecular weight is 303 g/mol. The second-order valence-electron chi connectivity index (χ2n) is 5.57. The number of nitrogens with zero attached hydrogens (tertiary/aromatic N) is 1. The van der Waals surface area contributed by atoms with Gasteiger partial charge in [-0.25, -0.2) is 0 Å². The Labute approximate surface area is 130 Å². The quantitative estimate of drug-likeness (QED) is 0.679. The molecule has 1 aromatic carbocycles. The maximum atomic E-state index is 12.2. The first kappa shape index (κ1) is 15.6. The van der Waals surface area contributed by atoms with E-state index in [4.69, 9.17) is 11.6 Å². The molecule has 0 aromatic heterocycles. The van der Waals surface area contributed by atoms with E-state index in [-0.39, 0.29) is 17.5 Å². The Morgan fingerprint density at radius 3 is 2.86 bits per heavy atom. The highest BCUT2D eigenvalue weighted by atomic mass is 35.5. The van der Waals surface area contributed by atoms with Crippen molar-refractivity contribution in [1.29, 1.82) is 5.26 Å². The first-order valence-electron chi connectivity index (χ1n) is 7.28. The van der Waals surface area contributed by atoms with Crippen molar-refractivity contribution in [1.82, 2.24) is 5.32 Å². The van der Waals surface area contributed by atoms with E-state index >= 15 is 0 Å². The molecule has 1 aliphatic rings. The zero-order chi connectivity index (χ0) is 15.2. The summed E-state index contributed by atoms with van der Waals surface area (Å²) in [7, 11) is 0. The van der Waals surface area contributed by atoms with E-state index in [1.54, 1.807) is 24.3 Å². The van der Waals surface area contributed by atoms with E-state index in [0.717, 1.165) is 24.8 Å². The van der Waals surface area contributed by atoms with Crippen LogP contribution in [0.1, 0.15) is 38.2 Å². The summed E-state index contributed by atoms with van der Waals surface area (Å²) in [5.41, 5.74) is 0.876. The van der Waals surface area contributed by atoms with Gasteiger partial charge in [0.05, 0.1) is 0 Å². The van der Waals surface area contributed by atoms with Crippen LogP contribution in [0.3, 0.4) is 0 Å². The third-order valence-corrected chi connectivity index (χ3v) is 4.19. The number of hydrogen-bond donors (Lipinski definition) is 1. The lowest BCUT2D eigenvalue weighted by molar-refractivity contribution is -0.118. The predicted octanol–water partition coefficient (Wildman–Crippen LogP) is 3.94. The van der Waals surface area contributed by atoms with E-state index < -0.39 is 0 Å². The number of amides is 1. The Kier molecular flexibility index (Phi) is 5.41. The van der Waals surface area contributed by atoms with Crippen molar-refractivity contribution >= 4 is 23.6 Å². The maximum absolute atomic E-state index is 12.2. The van der Waals surface area contributed by atoms with E-state index in [1.807, 2.05) is 12.1 Å². The highest BCUT2D eigenvalue weighted by molar-refractivity contribution is 6.30. The number of carbonyl (C=O) groups excluding carboxylic acids is 1. The number of hydrogen-bond acceptors (Lipinski definition) is 2. The highest BCUT2D eigenvalue weighted by Gasteiger charge is 2.23. The van der Waals surface area contributed by atoms with Crippen LogP contribution in [0.25, 0.3) is 6.08 Å². The van der Waals surface area contributed by atoms with Gasteiger partial charge < -0.3 is 5.32 Å². The zero-order valence-corrected chi connectivity index (χ0v) is 12.9. The molecule has 0 spiro atoms. The minimum Gasteiger partial charge on any atom is -0.348 e. The second kappa shape index (κ2) is 7.28. The third kappa shape index (κ3) is 4.34. The molecule has 110 valence electrons. The van der Waals surface area contributed by atoms with E-state index in [0.29, 0.717) is 10.9 Å². The van der Waals surface area contributed by atoms with E-state index in [1.165, 1.54) is 6.42 Å². The number of rotatable bonds is 3. The molecule has 1 aromatic rings. The Morgan fingerprint density at radius 1 is 1.43 bits per heavy atom. The van der Waals surface area contributed by atoms with Crippen LogP contribution in [-0.4, -0.2) is 11.9 Å². The first-order valence-corrected chi connectivity index (χ1v) is 7.66. The van der Waals surface area contributed by atoms with Gasteiger partial charge in [0.2, 0.25) is 0 Å². The van der Waals surface area contributed by atoms with Crippen LogP contribution < -0.4 is 5.32 Å². The predicted molar refractivity (Wildman–Crippen MR) is 84.6 cm³/mol. The van der Waals surface area contributed by atoms with Crippen LogP contribution in [0.15, 0.2) is 29.8 Å². The van der Waals surface area contributed by atoms with Crippen LogP contribution in [-0.2, 0) is 4.79 Å². The largest absolute Gasteiger partial charge is 0.348 e. The van der Waals surface area contributed by atoms with Gasteiger partial charge in [-0.05, 0) is 42.5 Å². The molecule has 2 atom stereocenters. The number of halogens is 1. The zero-order valence-electron chi connectivity index (χ0n) is 12.1. The Hall–Kier alpha value is -1.79. The molecule has 1 fully saturated rings. The molecule has 21 heavy (non-hydrogen) atoms. The molecule has 0 radical (unpaired) electrons. The number of nitrogens with one attached hydrogen (secondary N) is 1. The SMILES string of the molecule is C[C@H]1CCCC[C@@H]1NC(=O)/C(C#N)=C/c1cccc(Cl)c1. The summed E-state index contributed by atoms with van der Waals surface area (Å²) in [5.74, 6) is 0.171. The van der Waals surface area contributed by atoms with Gasteiger partial charge in [-0.1, -0.05) is 43.5 Å². The fourth-order valence-corrected chi connectivity index (χ4v) is 2.89. The molecule has 0 unspecified atom stereocenters. The van der Waals surface area contributed by atoms with Gasteiger partial charge in [-0.3, -0.25) is 4.79 Å². The number of benzene rings is 1. The fraction of sp³-hybridized carbons (Fsp3) is 0.412. The van der Waals surface area contributed by atoms with Gasteiger partial charge in [0.1, 0.15) is 11.6 Å². The smallest absolute Gasteiger partial charge is 0.262 e. The average Bonchev–Trinajstić information content (AvgIpc) is 2.47. The molecule has 1 saturated carbocycles. The molecule has 3 nitrogen and oxygen atoms in total. The highest BCUT2D eigenvalue weighted by Crippen LogP contribution is 2.24. The van der Waals surface area contributed by atoms with Crippen molar-refractivity contribution in [3.63, 3.8) is 0 Å². The fourth-order valence-electron chi connectivity index (χ4n) is 2.69. The minimum atomic E-state index is -0.295. The van der Waals surface area contributed by atoms with Gasteiger partial charge in [-0.2, -0.15) is 5.26 Å². The van der Waals surface area contributed by atoms with Gasteiger partial charge in [0.15, 0.2) is 0 Å². The molecule has 1 amide bonds. The Bertz CT molecular complexity index is 589. The van der Waals surface area contributed by atoms with Crippen molar-refractivity contribution in [2.45, 2.75) is 38.6 Å². The summed E-state index contributed by atoms with van der Waals surface area (Å²) >= 11 is 5.91. The summed E-state index contributed by atoms with van der Waals surface area (Å²) in [5, 5.41) is 12.8. The molecule has 1 aliphatic carbocycles. The van der Waals surface area contributed by atoms with Crippen molar-refractivity contribution in [3.05, 3.63) is 40.4 Å². The van der Waals surface area contributed by atoms with Crippen molar-refractivity contribution in [3.8, 4) is 6.07 Å². The summed E-state index contributed by atoms with van der Waals surface area (Å²) in [6.45, 7) is 2.15. The molecule has 0 aliphatic heterocycles. The maximum Gasteiger partial charge on any atom is 0.262 e. The van der Waals surface area contributed by atoms with Gasteiger partial charge in [0, 0.05) is 11.1 Å². The summed E-state index contributed by atoms with van der Waals surface area (Å²) in [6, 6.07) is 9.25. The first-order chi connectivity index (χ1) is 10.1. The Balaban J connectivity index is 2.10. The lowest BCUT2D eigenvalue weighted by Gasteiger charge is -2.29. The van der Waals surface area contributed by atoms with Gasteiger partial charge in [0.25, 0.3) is 5.91 Å². The topological polar surface area (TPSA) is 52.9 Å². The lowest BCUT2D eigenvalue weighted by Crippen LogP contribution is -2.41. The van der Waals surface area contributed by atoms with E-state index in [2.05, 4.69) is 12.2 Å². The normalized spacial score (nSPS) is 22.4. The molecule has 0 heterocycles. The minimum absolute atomic E-state index is 0.120. The van der Waals surface area contributed by atoms with Crippen molar-refractivity contribution in [2.75, 3.05) is 0 Å². The molecule has 0 bridgehead atoms. The standard InChI is InChI=1S/C17H19ClN2O/c1-12-5-2-3-8-16(12)20-17(21)14(11-19)9-13-6-4-7-15(18)10-13/h4,6-7,9-10,12,16H,2-3,5,8H2,1H3,(H,20,21)/b14-9+/t12-,16-/m0/s1. The van der Waals surface area contributed by atoms with Gasteiger partial charge >= 0.3 is 0 Å². The lowest BCUT2D eigenvalue weighted by atomic mass is 9.86. The molecule has 0 saturated heterocycles. The molecular formula is C17H19ClN2O. The Morgan fingerprint density at radius 2 is 2.19 bits per heavy atom. The monoisotopic (exact) mass is 302 g/mol. The summed E-state index contributed by atoms with van der Waals surface area (Å²) < 4.78 is 0. The molecule has 2 rings (SSSR count). The van der Waals surface area contributed by atoms with Crippen molar-refractivity contribution in [2.24, 2.45) is 5.92 Å². The summed E-state index contributed by atoms with van der Waals surface area (Å²) in [4.78, 5) is 12.2. The van der Waals surface area contributed by atoms with Crippen LogP contribution in [0, 0.1) is 17.2 Å². The number of nitriles is 1. The van der Waals surface area contributed by atoms with Crippen LogP contribution >= 0.6 is 11.6 Å². The molecule has 1 N–H and O–H groups in total. The van der Waals surface area contributed by atoms with Crippen LogP contribution in [0.5, 0.6) is 0 Å².